The summed E-state index contributed by atoms with van der Waals surface area (Å²) in [5.41, 5.74) is 2.08. The van der Waals surface area contributed by atoms with E-state index >= 15 is 0 Å². The van der Waals surface area contributed by atoms with Crippen LogP contribution in [-0.4, -0.2) is 57.1 Å². The zero-order valence-electron chi connectivity index (χ0n) is 10.3. The molecule has 4 amide bonds. The van der Waals surface area contributed by atoms with Gasteiger partial charge in [-0.1, -0.05) is 0 Å². The molecule has 0 bridgehead atoms. The van der Waals surface area contributed by atoms with E-state index in [9.17, 15) is 9.59 Å². The van der Waals surface area contributed by atoms with Crippen molar-refractivity contribution in [1.82, 2.24) is 19.6 Å². The highest BCUT2D eigenvalue weighted by Gasteiger charge is 2.60. The van der Waals surface area contributed by atoms with Gasteiger partial charge in [0.2, 0.25) is 0 Å². The summed E-state index contributed by atoms with van der Waals surface area (Å²) in [5, 5.41) is 0. The molecule has 2 saturated heterocycles. The number of carbonyl (C=O) groups is 2. The van der Waals surface area contributed by atoms with Gasteiger partial charge >= 0.3 is 12.1 Å². The predicted molar refractivity (Wildman–Crippen MR) is 63.0 cm³/mol. The summed E-state index contributed by atoms with van der Waals surface area (Å²) in [6, 6.07) is -0.00185. The fourth-order valence-electron chi connectivity index (χ4n) is 3.34. The number of amides is 4. The maximum absolute atomic E-state index is 12.4. The molecule has 2 atom stereocenters. The lowest BCUT2D eigenvalue weighted by atomic mass is 10.2. The molecule has 0 aliphatic carbocycles. The molecule has 4 rings (SSSR count). The van der Waals surface area contributed by atoms with Crippen molar-refractivity contribution in [2.24, 2.45) is 0 Å². The molecular formula is C12H14N4O2. The number of rotatable bonds is 0. The summed E-state index contributed by atoms with van der Waals surface area (Å²) in [6.45, 7) is 5.13. The van der Waals surface area contributed by atoms with Crippen LogP contribution in [0, 0.1) is 0 Å². The molecule has 0 radical (unpaired) electrons. The standard InChI is InChI=1S/C12H14N4O2/c1-7-3-13-9-10-15(11(13)17)5-8(2)6-16(10)12(18)14(9)4-7/h3,5,9-10H,4,6H2,1-2H3/t9-,10+. The first-order chi connectivity index (χ1) is 8.58. The molecule has 2 fully saturated rings. The maximum atomic E-state index is 12.4. The Morgan fingerprint density at radius 3 is 1.78 bits per heavy atom. The second kappa shape index (κ2) is 2.88. The molecule has 4 aliphatic rings. The number of carbonyl (C=O) groups excluding carboxylic acids is 2. The highest BCUT2D eigenvalue weighted by atomic mass is 16.2. The van der Waals surface area contributed by atoms with Crippen molar-refractivity contribution in [3.8, 4) is 0 Å². The van der Waals surface area contributed by atoms with Gasteiger partial charge in [-0.3, -0.25) is 19.6 Å². The second-order valence-electron chi connectivity index (χ2n) is 5.41. The van der Waals surface area contributed by atoms with E-state index in [1.807, 2.05) is 26.2 Å². The normalized spacial score (nSPS) is 33.0. The van der Waals surface area contributed by atoms with Crippen LogP contribution in [0.1, 0.15) is 13.8 Å². The molecule has 94 valence electrons. The molecule has 0 aromatic carbocycles. The van der Waals surface area contributed by atoms with Crippen LogP contribution in [0.4, 0.5) is 9.59 Å². The number of hydrogen-bond donors (Lipinski definition) is 0. The molecule has 18 heavy (non-hydrogen) atoms. The monoisotopic (exact) mass is 246 g/mol. The molecule has 0 unspecified atom stereocenters. The van der Waals surface area contributed by atoms with Gasteiger partial charge in [0.25, 0.3) is 0 Å². The summed E-state index contributed by atoms with van der Waals surface area (Å²) >= 11 is 0. The van der Waals surface area contributed by atoms with Gasteiger partial charge in [-0.2, -0.15) is 0 Å². The largest absolute Gasteiger partial charge is 0.331 e. The average Bonchev–Trinajstić information content (AvgIpc) is 2.75. The SMILES string of the molecule is CC1=CN2C(=O)N3C=C(C)CN4C(=O)N(C1)[C@@H]2[C@@H]34. The van der Waals surface area contributed by atoms with Gasteiger partial charge in [-0.25, -0.2) is 9.59 Å². The summed E-state index contributed by atoms with van der Waals surface area (Å²) in [6.07, 6.45) is 3.44. The summed E-state index contributed by atoms with van der Waals surface area (Å²) in [7, 11) is 0. The molecular weight excluding hydrogens is 232 g/mol. The Balaban J connectivity index is 1.90. The summed E-state index contributed by atoms with van der Waals surface area (Å²) in [5.74, 6) is 0. The molecule has 6 heteroatoms. The third-order valence-corrected chi connectivity index (χ3v) is 3.97. The Morgan fingerprint density at radius 2 is 1.33 bits per heavy atom. The van der Waals surface area contributed by atoms with Crippen molar-refractivity contribution in [3.05, 3.63) is 23.5 Å². The third kappa shape index (κ3) is 0.950. The van der Waals surface area contributed by atoms with E-state index in [0.717, 1.165) is 11.1 Å². The van der Waals surface area contributed by atoms with Gasteiger partial charge in [0.15, 0.2) is 12.3 Å². The van der Waals surface area contributed by atoms with Crippen LogP contribution in [-0.2, 0) is 0 Å². The Bertz CT molecular complexity index is 494. The van der Waals surface area contributed by atoms with Crippen LogP contribution in [0.2, 0.25) is 0 Å². The zero-order chi connectivity index (χ0) is 12.6. The van der Waals surface area contributed by atoms with Gasteiger partial charge < -0.3 is 0 Å². The smallest absolute Gasteiger partial charge is 0.296 e. The van der Waals surface area contributed by atoms with Crippen LogP contribution in [0.15, 0.2) is 23.5 Å². The van der Waals surface area contributed by atoms with Crippen molar-refractivity contribution in [2.45, 2.75) is 26.2 Å². The molecule has 0 saturated carbocycles. The minimum absolute atomic E-state index is 0.0346. The third-order valence-electron chi connectivity index (χ3n) is 3.97. The minimum atomic E-state index is -0.155. The highest BCUT2D eigenvalue weighted by Crippen LogP contribution is 2.40. The van der Waals surface area contributed by atoms with Gasteiger partial charge in [0.05, 0.1) is 0 Å². The molecule has 0 aromatic rings. The average molecular weight is 246 g/mol. The Hall–Kier alpha value is -1.98. The van der Waals surface area contributed by atoms with Crippen LogP contribution >= 0.6 is 0 Å². The van der Waals surface area contributed by atoms with Gasteiger partial charge in [0, 0.05) is 25.5 Å². The minimum Gasteiger partial charge on any atom is -0.296 e. The van der Waals surface area contributed by atoms with E-state index in [0.29, 0.717) is 13.1 Å². The lowest BCUT2D eigenvalue weighted by Crippen LogP contribution is -2.48. The topological polar surface area (TPSA) is 47.1 Å². The van der Waals surface area contributed by atoms with Crippen molar-refractivity contribution in [3.63, 3.8) is 0 Å². The number of hydrogen-bond acceptors (Lipinski definition) is 2. The van der Waals surface area contributed by atoms with Crippen molar-refractivity contribution in [1.29, 1.82) is 0 Å². The van der Waals surface area contributed by atoms with E-state index in [-0.39, 0.29) is 24.4 Å². The quantitative estimate of drug-likeness (QED) is 0.639. The van der Waals surface area contributed by atoms with E-state index in [2.05, 4.69) is 0 Å². The van der Waals surface area contributed by atoms with Crippen molar-refractivity contribution in [2.75, 3.05) is 13.1 Å². The molecule has 0 aromatic heterocycles. The van der Waals surface area contributed by atoms with E-state index in [1.165, 1.54) is 0 Å². The Kier molecular flexibility index (Phi) is 1.60. The fourth-order valence-corrected chi connectivity index (χ4v) is 3.34. The molecule has 4 aliphatic heterocycles. The number of nitrogens with zero attached hydrogens (tertiary/aromatic N) is 4. The second-order valence-corrected chi connectivity index (χ2v) is 5.41. The van der Waals surface area contributed by atoms with Gasteiger partial charge in [-0.15, -0.1) is 0 Å². The van der Waals surface area contributed by atoms with Gasteiger partial charge in [0.1, 0.15) is 0 Å². The molecule has 4 heterocycles. The number of urea groups is 2. The lowest BCUT2D eigenvalue weighted by Gasteiger charge is -2.33. The van der Waals surface area contributed by atoms with Crippen LogP contribution in [0.3, 0.4) is 0 Å². The Morgan fingerprint density at radius 1 is 0.889 bits per heavy atom. The molecule has 0 N–H and O–H groups in total. The van der Waals surface area contributed by atoms with E-state index < -0.39 is 0 Å². The first-order valence-corrected chi connectivity index (χ1v) is 6.10. The summed E-state index contributed by atoms with van der Waals surface area (Å²) < 4.78 is 0. The molecule has 6 nitrogen and oxygen atoms in total. The van der Waals surface area contributed by atoms with Crippen LogP contribution < -0.4 is 0 Å². The molecule has 0 spiro atoms. The summed E-state index contributed by atoms with van der Waals surface area (Å²) in [4.78, 5) is 31.7. The lowest BCUT2D eigenvalue weighted by molar-refractivity contribution is 0.148. The predicted octanol–water partition coefficient (Wildman–Crippen LogP) is 0.949. The van der Waals surface area contributed by atoms with Crippen LogP contribution in [0.5, 0.6) is 0 Å². The van der Waals surface area contributed by atoms with Crippen molar-refractivity contribution < 1.29 is 9.59 Å². The van der Waals surface area contributed by atoms with Crippen molar-refractivity contribution >= 4 is 12.1 Å². The fraction of sp³-hybridized carbons (Fsp3) is 0.500. The van der Waals surface area contributed by atoms with Gasteiger partial charge in [-0.05, 0) is 25.0 Å². The first-order valence-electron chi connectivity index (χ1n) is 6.10. The Labute approximate surface area is 105 Å². The highest BCUT2D eigenvalue weighted by molar-refractivity contribution is 5.88. The van der Waals surface area contributed by atoms with E-state index in [4.69, 9.17) is 0 Å². The zero-order valence-corrected chi connectivity index (χ0v) is 10.3. The van der Waals surface area contributed by atoms with Crippen LogP contribution in [0.25, 0.3) is 0 Å². The maximum Gasteiger partial charge on any atom is 0.331 e. The van der Waals surface area contributed by atoms with E-state index in [1.54, 1.807) is 19.6 Å². The first kappa shape index (κ1) is 9.99.